The van der Waals surface area contributed by atoms with Gasteiger partial charge in [0.05, 0.1) is 0 Å². The summed E-state index contributed by atoms with van der Waals surface area (Å²) in [5.74, 6) is -1.67. The first kappa shape index (κ1) is 21.2. The van der Waals surface area contributed by atoms with Crippen molar-refractivity contribution in [1.29, 1.82) is 0 Å². The molecule has 0 aliphatic rings. The lowest BCUT2D eigenvalue weighted by Gasteiger charge is -2.14. The van der Waals surface area contributed by atoms with E-state index in [2.05, 4.69) is 0 Å². The fourth-order valence-electron chi connectivity index (χ4n) is 2.79. The van der Waals surface area contributed by atoms with E-state index in [1.54, 1.807) is 30.3 Å². The molecule has 0 aliphatic heterocycles. The number of phenols is 3. The quantitative estimate of drug-likeness (QED) is 0.309. The van der Waals surface area contributed by atoms with E-state index in [1.807, 2.05) is 0 Å². The molecule has 156 valence electrons. The Bertz CT molecular complexity index is 1070. The van der Waals surface area contributed by atoms with Gasteiger partial charge in [-0.15, -0.1) is 0 Å². The van der Waals surface area contributed by atoms with Gasteiger partial charge in [0.1, 0.15) is 34.3 Å². The van der Waals surface area contributed by atoms with Crippen molar-refractivity contribution in [3.63, 3.8) is 0 Å². The SMILES string of the molecule is O=C(CCc1cccc(OP(=O)(O)Oc2ccccc2)c1)c1c(O)cc(O)cc1O. The normalized spacial score (nSPS) is 12.7. The van der Waals surface area contributed by atoms with Crippen LogP contribution in [0.15, 0.2) is 66.7 Å². The molecule has 30 heavy (non-hydrogen) atoms. The maximum absolute atomic E-state index is 12.4. The summed E-state index contributed by atoms with van der Waals surface area (Å²) in [6, 6.07) is 16.2. The maximum atomic E-state index is 12.4. The Labute approximate surface area is 172 Å². The van der Waals surface area contributed by atoms with E-state index < -0.39 is 25.1 Å². The van der Waals surface area contributed by atoms with Crippen molar-refractivity contribution in [3.8, 4) is 28.7 Å². The average Bonchev–Trinajstić information content (AvgIpc) is 2.66. The summed E-state index contributed by atoms with van der Waals surface area (Å²) in [4.78, 5) is 22.3. The summed E-state index contributed by atoms with van der Waals surface area (Å²) in [7, 11) is -4.42. The molecule has 0 fully saturated rings. The number of aromatic hydroxyl groups is 3. The van der Waals surface area contributed by atoms with E-state index in [9.17, 15) is 29.6 Å². The van der Waals surface area contributed by atoms with Crippen LogP contribution in [0.4, 0.5) is 0 Å². The number of ketones is 1. The standard InChI is InChI=1S/C21H19O8P/c22-15-12-19(24)21(20(25)13-15)18(23)10-9-14-5-4-8-17(11-14)29-30(26,27)28-16-6-2-1-3-7-16/h1-8,11-13,22,24-25H,9-10H2,(H,26,27). The number of aryl methyl sites for hydroxylation is 1. The minimum Gasteiger partial charge on any atom is -0.508 e. The summed E-state index contributed by atoms with van der Waals surface area (Å²) in [5.41, 5.74) is 0.342. The van der Waals surface area contributed by atoms with Crippen molar-refractivity contribution in [2.75, 3.05) is 0 Å². The summed E-state index contributed by atoms with van der Waals surface area (Å²) in [6.45, 7) is 0. The van der Waals surface area contributed by atoms with Crippen molar-refractivity contribution in [1.82, 2.24) is 0 Å². The number of phosphoric acid groups is 1. The van der Waals surface area contributed by atoms with Gasteiger partial charge in [0.2, 0.25) is 0 Å². The first-order chi connectivity index (χ1) is 14.2. The molecule has 0 radical (unpaired) electrons. The number of carbonyl (C=O) groups excluding carboxylic acids is 1. The van der Waals surface area contributed by atoms with Crippen LogP contribution in [0.25, 0.3) is 0 Å². The number of rotatable bonds is 8. The van der Waals surface area contributed by atoms with Crippen LogP contribution in [0, 0.1) is 0 Å². The van der Waals surface area contributed by atoms with Crippen LogP contribution in [-0.4, -0.2) is 26.0 Å². The lowest BCUT2D eigenvalue weighted by atomic mass is 10.0. The molecule has 0 spiro atoms. The summed E-state index contributed by atoms with van der Waals surface area (Å²) >= 11 is 0. The summed E-state index contributed by atoms with van der Waals surface area (Å²) < 4.78 is 22.3. The molecule has 1 unspecified atom stereocenters. The van der Waals surface area contributed by atoms with Crippen LogP contribution in [0.2, 0.25) is 0 Å². The third-order valence-corrected chi connectivity index (χ3v) is 4.97. The topological polar surface area (TPSA) is 134 Å². The van der Waals surface area contributed by atoms with Gasteiger partial charge in [-0.05, 0) is 36.2 Å². The van der Waals surface area contributed by atoms with E-state index in [1.165, 1.54) is 24.3 Å². The smallest absolute Gasteiger partial charge is 0.508 e. The second kappa shape index (κ2) is 8.90. The van der Waals surface area contributed by atoms with Crippen molar-refractivity contribution in [2.45, 2.75) is 12.8 Å². The molecule has 4 N–H and O–H groups in total. The third kappa shape index (κ3) is 5.53. The third-order valence-electron chi connectivity index (χ3n) is 4.08. The molecule has 0 amide bonds. The fourth-order valence-corrected chi connectivity index (χ4v) is 3.60. The molecule has 3 aromatic rings. The van der Waals surface area contributed by atoms with Crippen molar-refractivity contribution in [2.24, 2.45) is 0 Å². The highest BCUT2D eigenvalue weighted by atomic mass is 31.2. The Balaban J connectivity index is 1.66. The maximum Gasteiger partial charge on any atom is 0.584 e. The Morgan fingerprint density at radius 2 is 1.43 bits per heavy atom. The van der Waals surface area contributed by atoms with Gasteiger partial charge >= 0.3 is 7.82 Å². The lowest BCUT2D eigenvalue weighted by molar-refractivity contribution is 0.0977. The molecular weight excluding hydrogens is 411 g/mol. The van der Waals surface area contributed by atoms with Gasteiger partial charge in [-0.3, -0.25) is 9.69 Å². The molecule has 3 aromatic carbocycles. The Hall–Kier alpha value is -3.48. The first-order valence-corrected chi connectivity index (χ1v) is 10.4. The van der Waals surface area contributed by atoms with Crippen molar-refractivity contribution in [3.05, 3.63) is 77.9 Å². The number of phosphoric ester groups is 1. The molecule has 3 rings (SSSR count). The van der Waals surface area contributed by atoms with E-state index in [0.29, 0.717) is 5.56 Å². The summed E-state index contributed by atoms with van der Waals surface area (Å²) in [5, 5.41) is 28.9. The van der Waals surface area contributed by atoms with Crippen LogP contribution in [0.5, 0.6) is 28.7 Å². The van der Waals surface area contributed by atoms with Crippen LogP contribution in [0.3, 0.4) is 0 Å². The van der Waals surface area contributed by atoms with Crippen molar-refractivity contribution >= 4 is 13.6 Å². The Kier molecular flexibility index (Phi) is 6.30. The number of benzene rings is 3. The molecule has 0 bridgehead atoms. The molecule has 1 atom stereocenters. The highest BCUT2D eigenvalue weighted by molar-refractivity contribution is 7.48. The number of hydrogen-bond acceptors (Lipinski definition) is 7. The number of hydrogen-bond donors (Lipinski definition) is 4. The summed E-state index contributed by atoms with van der Waals surface area (Å²) in [6.07, 6.45) is 0.151. The minimum absolute atomic E-state index is 0.0628. The van der Waals surface area contributed by atoms with Gasteiger partial charge in [-0.1, -0.05) is 30.3 Å². The second-order valence-corrected chi connectivity index (χ2v) is 7.70. The van der Waals surface area contributed by atoms with Gasteiger partial charge < -0.3 is 24.4 Å². The van der Waals surface area contributed by atoms with E-state index in [4.69, 9.17) is 9.05 Å². The van der Waals surface area contributed by atoms with Gasteiger partial charge in [0.15, 0.2) is 5.78 Å². The highest BCUT2D eigenvalue weighted by Gasteiger charge is 2.25. The van der Waals surface area contributed by atoms with Gasteiger partial charge in [-0.25, -0.2) is 4.57 Å². The van der Waals surface area contributed by atoms with Crippen LogP contribution < -0.4 is 9.05 Å². The zero-order chi connectivity index (χ0) is 21.7. The largest absolute Gasteiger partial charge is 0.584 e. The molecule has 9 heteroatoms. The van der Waals surface area contributed by atoms with Crippen LogP contribution in [0.1, 0.15) is 22.3 Å². The Morgan fingerprint density at radius 1 is 0.833 bits per heavy atom. The van der Waals surface area contributed by atoms with Gasteiger partial charge in [0, 0.05) is 18.6 Å². The van der Waals surface area contributed by atoms with E-state index in [-0.39, 0.29) is 35.7 Å². The lowest BCUT2D eigenvalue weighted by Crippen LogP contribution is -2.03. The first-order valence-electron chi connectivity index (χ1n) is 8.87. The van der Waals surface area contributed by atoms with E-state index >= 15 is 0 Å². The molecule has 8 nitrogen and oxygen atoms in total. The molecule has 0 saturated carbocycles. The van der Waals surface area contributed by atoms with Gasteiger partial charge in [0.25, 0.3) is 0 Å². The monoisotopic (exact) mass is 430 g/mol. The predicted octanol–water partition coefficient (Wildman–Crippen LogP) is 4.18. The molecule has 0 saturated heterocycles. The van der Waals surface area contributed by atoms with Gasteiger partial charge in [-0.2, -0.15) is 0 Å². The highest BCUT2D eigenvalue weighted by Crippen LogP contribution is 2.44. The zero-order valence-electron chi connectivity index (χ0n) is 15.6. The molecular formula is C21H19O8P. The predicted molar refractivity (Wildman–Crippen MR) is 108 cm³/mol. The average molecular weight is 430 g/mol. The molecule has 0 heterocycles. The van der Waals surface area contributed by atoms with Crippen molar-refractivity contribution < 1.29 is 38.6 Å². The number of para-hydroxylation sites is 1. The zero-order valence-corrected chi connectivity index (χ0v) is 16.5. The second-order valence-electron chi connectivity index (χ2n) is 6.39. The van der Waals surface area contributed by atoms with Crippen LogP contribution in [-0.2, 0) is 11.0 Å². The number of Topliss-reactive ketones (excluding diaryl/α,β-unsaturated/α-hetero) is 1. The Morgan fingerprint density at radius 3 is 2.10 bits per heavy atom. The molecule has 0 aliphatic carbocycles. The molecule has 0 aromatic heterocycles. The number of phenolic OH excluding ortho intramolecular Hbond substituents is 3. The van der Waals surface area contributed by atoms with E-state index in [0.717, 1.165) is 12.1 Å². The minimum atomic E-state index is -4.42. The number of carbonyl (C=O) groups is 1. The fraction of sp³-hybridized carbons (Fsp3) is 0.0952. The van der Waals surface area contributed by atoms with Crippen LogP contribution >= 0.6 is 7.82 Å².